The summed E-state index contributed by atoms with van der Waals surface area (Å²) in [7, 11) is 1.56. The van der Waals surface area contributed by atoms with Crippen molar-refractivity contribution in [3.63, 3.8) is 0 Å². The van der Waals surface area contributed by atoms with Gasteiger partial charge in [0, 0.05) is 55.8 Å². The number of nitrogens with zero attached hydrogens (tertiary/aromatic N) is 6. The molecule has 0 bridgehead atoms. The lowest BCUT2D eigenvalue weighted by Gasteiger charge is -2.39. The molecule has 8 heteroatoms. The fourth-order valence-corrected chi connectivity index (χ4v) is 3.21. The second-order valence-corrected chi connectivity index (χ2v) is 6.58. The van der Waals surface area contributed by atoms with Crippen molar-refractivity contribution in [2.75, 3.05) is 20.2 Å². The van der Waals surface area contributed by atoms with Crippen molar-refractivity contribution in [3.05, 3.63) is 65.0 Å². The SMILES string of the molecule is COc1nccc(CN2CC(Cn3nc(-c4cccnc4)ccc3=O)C2)n1. The fraction of sp³-hybridized carbons (Fsp3) is 0.316. The molecular formula is C19H20N6O2. The Bertz CT molecular complexity index is 969. The van der Waals surface area contributed by atoms with E-state index >= 15 is 0 Å². The third-order valence-corrected chi connectivity index (χ3v) is 4.55. The minimum Gasteiger partial charge on any atom is -0.467 e. The van der Waals surface area contributed by atoms with Crippen LogP contribution >= 0.6 is 0 Å². The summed E-state index contributed by atoms with van der Waals surface area (Å²) in [6, 6.07) is 9.38. The lowest BCUT2D eigenvalue weighted by molar-refractivity contribution is 0.0752. The van der Waals surface area contributed by atoms with Gasteiger partial charge in [0.25, 0.3) is 5.56 Å². The molecule has 27 heavy (non-hydrogen) atoms. The van der Waals surface area contributed by atoms with Crippen LogP contribution in [0.15, 0.2) is 53.7 Å². The second kappa shape index (κ2) is 7.63. The van der Waals surface area contributed by atoms with Crippen LogP contribution in [0.3, 0.4) is 0 Å². The smallest absolute Gasteiger partial charge is 0.316 e. The lowest BCUT2D eigenvalue weighted by atomic mass is 10.00. The maximum absolute atomic E-state index is 12.2. The highest BCUT2D eigenvalue weighted by molar-refractivity contribution is 5.56. The van der Waals surface area contributed by atoms with E-state index < -0.39 is 0 Å². The average Bonchev–Trinajstić information content (AvgIpc) is 2.68. The Kier molecular flexibility index (Phi) is 4.88. The highest BCUT2D eigenvalue weighted by Gasteiger charge is 2.28. The molecule has 1 saturated heterocycles. The minimum atomic E-state index is -0.0818. The van der Waals surface area contributed by atoms with Gasteiger partial charge in [-0.25, -0.2) is 9.67 Å². The lowest BCUT2D eigenvalue weighted by Crippen LogP contribution is -2.49. The molecule has 4 rings (SSSR count). The third kappa shape index (κ3) is 4.01. The second-order valence-electron chi connectivity index (χ2n) is 6.58. The van der Waals surface area contributed by atoms with Gasteiger partial charge < -0.3 is 4.74 Å². The highest BCUT2D eigenvalue weighted by atomic mass is 16.5. The molecule has 0 N–H and O–H groups in total. The quantitative estimate of drug-likeness (QED) is 0.650. The van der Waals surface area contributed by atoms with E-state index in [0.717, 1.165) is 36.6 Å². The van der Waals surface area contributed by atoms with Crippen molar-refractivity contribution < 1.29 is 4.74 Å². The summed E-state index contributed by atoms with van der Waals surface area (Å²) in [5, 5.41) is 4.50. The number of likely N-dealkylation sites (tertiary alicyclic amines) is 1. The molecule has 0 aromatic carbocycles. The zero-order valence-electron chi connectivity index (χ0n) is 15.0. The van der Waals surface area contributed by atoms with Crippen LogP contribution in [-0.2, 0) is 13.1 Å². The zero-order chi connectivity index (χ0) is 18.6. The first-order chi connectivity index (χ1) is 13.2. The van der Waals surface area contributed by atoms with Crippen LogP contribution in [0.2, 0.25) is 0 Å². The number of pyridine rings is 1. The van der Waals surface area contributed by atoms with E-state index in [4.69, 9.17) is 4.74 Å². The van der Waals surface area contributed by atoms with E-state index in [1.165, 1.54) is 0 Å². The summed E-state index contributed by atoms with van der Waals surface area (Å²) < 4.78 is 6.61. The molecule has 8 nitrogen and oxygen atoms in total. The maximum Gasteiger partial charge on any atom is 0.316 e. The number of methoxy groups -OCH3 is 1. The van der Waals surface area contributed by atoms with Gasteiger partial charge in [-0.1, -0.05) is 0 Å². The molecule has 1 aliphatic rings. The Balaban J connectivity index is 1.38. The summed E-state index contributed by atoms with van der Waals surface area (Å²) in [6.07, 6.45) is 5.17. The van der Waals surface area contributed by atoms with E-state index in [-0.39, 0.29) is 5.56 Å². The molecule has 138 valence electrons. The number of hydrogen-bond donors (Lipinski definition) is 0. The van der Waals surface area contributed by atoms with Crippen LogP contribution in [0.5, 0.6) is 6.01 Å². The molecule has 0 atom stereocenters. The summed E-state index contributed by atoms with van der Waals surface area (Å²) in [5.74, 6) is 0.392. The normalized spacial score (nSPS) is 14.7. The van der Waals surface area contributed by atoms with Gasteiger partial charge in [0.1, 0.15) is 0 Å². The van der Waals surface area contributed by atoms with E-state index in [1.54, 1.807) is 42.5 Å². The van der Waals surface area contributed by atoms with Gasteiger partial charge in [0.2, 0.25) is 0 Å². The first-order valence-electron chi connectivity index (χ1n) is 8.78. The summed E-state index contributed by atoms with van der Waals surface area (Å²) in [4.78, 5) is 26.9. The zero-order valence-corrected chi connectivity index (χ0v) is 15.0. The predicted molar refractivity (Wildman–Crippen MR) is 99.1 cm³/mol. The molecule has 0 unspecified atom stereocenters. The Morgan fingerprint density at radius 3 is 2.85 bits per heavy atom. The molecule has 1 aliphatic heterocycles. The molecule has 1 fully saturated rings. The number of hydrogen-bond acceptors (Lipinski definition) is 7. The van der Waals surface area contributed by atoms with E-state index in [2.05, 4.69) is 25.0 Å². The summed E-state index contributed by atoms with van der Waals surface area (Å²) >= 11 is 0. The molecule has 0 aliphatic carbocycles. The summed E-state index contributed by atoms with van der Waals surface area (Å²) in [6.45, 7) is 3.15. The van der Waals surface area contributed by atoms with E-state index in [1.807, 2.05) is 18.2 Å². The number of aromatic nitrogens is 5. The molecule has 3 aromatic rings. The first kappa shape index (κ1) is 17.3. The Morgan fingerprint density at radius 1 is 1.19 bits per heavy atom. The van der Waals surface area contributed by atoms with Crippen LogP contribution in [-0.4, -0.2) is 49.8 Å². The molecule has 3 aromatic heterocycles. The van der Waals surface area contributed by atoms with Gasteiger partial charge >= 0.3 is 6.01 Å². The monoisotopic (exact) mass is 364 g/mol. The molecule has 0 saturated carbocycles. The van der Waals surface area contributed by atoms with Gasteiger partial charge in [-0.2, -0.15) is 10.1 Å². The summed E-state index contributed by atoms with van der Waals surface area (Å²) in [5.41, 5.74) is 2.50. The van der Waals surface area contributed by atoms with Crippen molar-refractivity contribution in [1.29, 1.82) is 0 Å². The Morgan fingerprint density at radius 2 is 2.07 bits per heavy atom. The van der Waals surface area contributed by atoms with Gasteiger partial charge in [0.05, 0.1) is 25.0 Å². The fourth-order valence-electron chi connectivity index (χ4n) is 3.21. The van der Waals surface area contributed by atoms with Crippen molar-refractivity contribution in [1.82, 2.24) is 29.6 Å². The molecule has 0 spiro atoms. The topological polar surface area (TPSA) is 86.0 Å². The molecule has 0 radical (unpaired) electrons. The minimum absolute atomic E-state index is 0.0818. The molecule has 4 heterocycles. The standard InChI is InChI=1S/C19H20N6O2/c1-27-19-21-8-6-16(22-19)13-24-10-14(11-24)12-25-18(26)5-4-17(23-25)15-3-2-7-20-9-15/h2-9,14H,10-13H2,1H3. The van der Waals surface area contributed by atoms with Crippen LogP contribution in [0.25, 0.3) is 11.3 Å². The highest BCUT2D eigenvalue weighted by Crippen LogP contribution is 2.20. The average molecular weight is 364 g/mol. The van der Waals surface area contributed by atoms with Crippen molar-refractivity contribution in [2.45, 2.75) is 13.1 Å². The van der Waals surface area contributed by atoms with Crippen LogP contribution in [0.1, 0.15) is 5.69 Å². The predicted octanol–water partition coefficient (Wildman–Crippen LogP) is 1.24. The Hall–Kier alpha value is -3.13. The van der Waals surface area contributed by atoms with Crippen molar-refractivity contribution in [3.8, 4) is 17.3 Å². The molecular weight excluding hydrogens is 344 g/mol. The largest absolute Gasteiger partial charge is 0.467 e. The van der Waals surface area contributed by atoms with Gasteiger partial charge in [0.15, 0.2) is 0 Å². The number of ether oxygens (including phenoxy) is 1. The maximum atomic E-state index is 12.2. The Labute approximate surface area is 156 Å². The van der Waals surface area contributed by atoms with E-state index in [0.29, 0.717) is 18.5 Å². The van der Waals surface area contributed by atoms with Gasteiger partial charge in [-0.05, 0) is 24.3 Å². The van der Waals surface area contributed by atoms with Gasteiger partial charge in [-0.15, -0.1) is 0 Å². The van der Waals surface area contributed by atoms with Crippen LogP contribution < -0.4 is 10.3 Å². The first-order valence-corrected chi connectivity index (χ1v) is 8.78. The molecule has 0 amide bonds. The van der Waals surface area contributed by atoms with Crippen LogP contribution in [0.4, 0.5) is 0 Å². The van der Waals surface area contributed by atoms with Crippen LogP contribution in [0, 0.1) is 5.92 Å². The van der Waals surface area contributed by atoms with E-state index in [9.17, 15) is 4.79 Å². The third-order valence-electron chi connectivity index (χ3n) is 4.55. The van der Waals surface area contributed by atoms with Crippen molar-refractivity contribution >= 4 is 0 Å². The van der Waals surface area contributed by atoms with Gasteiger partial charge in [-0.3, -0.25) is 14.7 Å². The number of rotatable bonds is 6. The van der Waals surface area contributed by atoms with Crippen molar-refractivity contribution in [2.24, 2.45) is 5.92 Å².